The molecule has 2 amide bonds. The van der Waals surface area contributed by atoms with Crippen molar-refractivity contribution in [2.45, 2.75) is 43.6 Å². The first kappa shape index (κ1) is 20.8. The van der Waals surface area contributed by atoms with Crippen LogP contribution in [0.5, 0.6) is 0 Å². The Bertz CT molecular complexity index is 902. The quantitative estimate of drug-likeness (QED) is 0.570. The molecule has 0 bridgehead atoms. The minimum absolute atomic E-state index is 0.0133. The van der Waals surface area contributed by atoms with Crippen LogP contribution >= 0.6 is 11.8 Å². The van der Waals surface area contributed by atoms with Crippen molar-refractivity contribution in [1.29, 1.82) is 0 Å². The molecule has 0 aliphatic carbocycles. The van der Waals surface area contributed by atoms with Crippen LogP contribution in [0.25, 0.3) is 0 Å². The summed E-state index contributed by atoms with van der Waals surface area (Å²) in [5, 5.41) is 24.3. The lowest BCUT2D eigenvalue weighted by atomic mass is 9.78. The molecule has 3 aliphatic heterocycles. The Morgan fingerprint density at radius 1 is 1.40 bits per heavy atom. The van der Waals surface area contributed by atoms with Gasteiger partial charge in [-0.2, -0.15) is 0 Å². The number of amides is 2. The molecule has 1 aromatic heterocycles. The number of hydrogen-bond donors (Lipinski definition) is 2. The van der Waals surface area contributed by atoms with Crippen LogP contribution in [0, 0.1) is 11.8 Å². The van der Waals surface area contributed by atoms with E-state index in [1.165, 1.54) is 27.7 Å². The molecule has 30 heavy (non-hydrogen) atoms. The Morgan fingerprint density at radius 2 is 2.13 bits per heavy atom. The molecule has 11 nitrogen and oxygen atoms in total. The van der Waals surface area contributed by atoms with Gasteiger partial charge in [-0.05, 0) is 23.8 Å². The number of aromatic nitrogens is 4. The second kappa shape index (κ2) is 7.65. The van der Waals surface area contributed by atoms with Crippen LogP contribution < -0.4 is 5.32 Å². The molecule has 0 saturated carbocycles. The fourth-order valence-corrected chi connectivity index (χ4v) is 6.15. The van der Waals surface area contributed by atoms with E-state index in [1.54, 1.807) is 19.0 Å². The van der Waals surface area contributed by atoms with Crippen molar-refractivity contribution >= 4 is 29.5 Å². The number of tetrazole rings is 1. The zero-order valence-corrected chi connectivity index (χ0v) is 18.0. The van der Waals surface area contributed by atoms with Crippen molar-refractivity contribution in [3.05, 3.63) is 16.9 Å². The minimum Gasteiger partial charge on any atom is -0.477 e. The number of thioether (sulfide) groups is 1. The number of rotatable bonds is 6. The number of carboxylic acid groups (broad SMARTS) is 1. The molecule has 4 heterocycles. The number of nitrogens with zero attached hydrogens (tertiary/aromatic N) is 6. The van der Waals surface area contributed by atoms with Gasteiger partial charge in [0.1, 0.15) is 12.0 Å². The molecule has 2 saturated heterocycles. The van der Waals surface area contributed by atoms with Gasteiger partial charge < -0.3 is 20.2 Å². The number of nitrogens with one attached hydrogen (secondary N) is 1. The molecule has 2 fully saturated rings. The summed E-state index contributed by atoms with van der Waals surface area (Å²) in [6.45, 7) is 4.44. The van der Waals surface area contributed by atoms with Gasteiger partial charge in [0.25, 0.3) is 0 Å². The van der Waals surface area contributed by atoms with Crippen LogP contribution in [0.2, 0.25) is 0 Å². The minimum atomic E-state index is -1.10. The standard InChI is InChI=1S/C18H25N7O4S/c1-8-13-12(9(2)24-7-20-21-22-24)17(27)25(13)14(18(28)29)15(8)30-10-5-11(19-6-10)16(26)23(3)4/h7-13,19H,5-6H2,1-4H3,(H,28,29)/t8-,9-,10+,11?,12-,13-/m1/s1. The van der Waals surface area contributed by atoms with Crippen molar-refractivity contribution in [2.24, 2.45) is 11.8 Å². The van der Waals surface area contributed by atoms with Gasteiger partial charge in [0.05, 0.1) is 24.0 Å². The summed E-state index contributed by atoms with van der Waals surface area (Å²) in [6.07, 6.45) is 2.08. The van der Waals surface area contributed by atoms with Crippen molar-refractivity contribution in [2.75, 3.05) is 20.6 Å². The fraction of sp³-hybridized carbons (Fsp3) is 0.667. The van der Waals surface area contributed by atoms with E-state index in [9.17, 15) is 19.5 Å². The van der Waals surface area contributed by atoms with E-state index in [4.69, 9.17) is 0 Å². The molecular weight excluding hydrogens is 410 g/mol. The molecule has 2 N–H and O–H groups in total. The molecule has 3 aliphatic rings. The molecule has 6 atom stereocenters. The third-order valence-corrected chi connectivity index (χ3v) is 7.73. The monoisotopic (exact) mass is 435 g/mol. The highest BCUT2D eigenvalue weighted by Gasteiger charge is 2.60. The average Bonchev–Trinajstić information content (AvgIpc) is 3.42. The number of carbonyl (C=O) groups excluding carboxylic acids is 2. The molecular formula is C18H25N7O4S. The van der Waals surface area contributed by atoms with Gasteiger partial charge in [0.15, 0.2) is 0 Å². The Kier molecular flexibility index (Phi) is 5.30. The predicted octanol–water partition coefficient (Wildman–Crippen LogP) is -0.441. The molecule has 0 radical (unpaired) electrons. The maximum atomic E-state index is 12.9. The maximum Gasteiger partial charge on any atom is 0.353 e. The third kappa shape index (κ3) is 3.18. The highest BCUT2D eigenvalue weighted by Crippen LogP contribution is 2.53. The molecule has 12 heteroatoms. The summed E-state index contributed by atoms with van der Waals surface area (Å²) in [5.74, 6) is -1.81. The van der Waals surface area contributed by atoms with Crippen LogP contribution in [0.4, 0.5) is 0 Å². The molecule has 0 spiro atoms. The average molecular weight is 436 g/mol. The number of hydrogen-bond acceptors (Lipinski definition) is 8. The van der Waals surface area contributed by atoms with E-state index in [0.29, 0.717) is 17.9 Å². The van der Waals surface area contributed by atoms with Crippen molar-refractivity contribution in [1.82, 2.24) is 35.3 Å². The lowest BCUT2D eigenvalue weighted by Gasteiger charge is -2.47. The first-order valence-corrected chi connectivity index (χ1v) is 10.7. The summed E-state index contributed by atoms with van der Waals surface area (Å²) in [4.78, 5) is 40.9. The lowest BCUT2D eigenvalue weighted by molar-refractivity contribution is -0.159. The van der Waals surface area contributed by atoms with Gasteiger partial charge in [-0.3, -0.25) is 9.59 Å². The first-order chi connectivity index (χ1) is 14.2. The van der Waals surface area contributed by atoms with E-state index in [0.717, 1.165) is 0 Å². The molecule has 0 aromatic carbocycles. The zero-order chi connectivity index (χ0) is 21.7. The number of fused-ring (bicyclic) bond motifs is 1. The third-order valence-electron chi connectivity index (χ3n) is 6.22. The van der Waals surface area contributed by atoms with Crippen LogP contribution in [-0.4, -0.2) is 90.9 Å². The number of β-lactam (4-membered cyclic amide) rings is 1. The Morgan fingerprint density at radius 3 is 2.73 bits per heavy atom. The number of carboxylic acids is 1. The van der Waals surface area contributed by atoms with Gasteiger partial charge in [-0.25, -0.2) is 9.48 Å². The van der Waals surface area contributed by atoms with Gasteiger partial charge in [0.2, 0.25) is 11.8 Å². The second-order valence-electron chi connectivity index (χ2n) is 8.23. The van der Waals surface area contributed by atoms with Crippen LogP contribution in [0.1, 0.15) is 26.3 Å². The highest BCUT2D eigenvalue weighted by molar-refractivity contribution is 8.03. The molecule has 1 aromatic rings. The smallest absolute Gasteiger partial charge is 0.353 e. The predicted molar refractivity (Wildman–Crippen MR) is 107 cm³/mol. The number of carbonyl (C=O) groups is 3. The van der Waals surface area contributed by atoms with Crippen molar-refractivity contribution in [3.63, 3.8) is 0 Å². The van der Waals surface area contributed by atoms with Crippen molar-refractivity contribution in [3.8, 4) is 0 Å². The summed E-state index contributed by atoms with van der Waals surface area (Å²) < 4.78 is 1.54. The summed E-state index contributed by atoms with van der Waals surface area (Å²) in [5.41, 5.74) is 0.0741. The van der Waals surface area contributed by atoms with Crippen molar-refractivity contribution < 1.29 is 19.5 Å². The molecule has 1 unspecified atom stereocenters. The van der Waals surface area contributed by atoms with E-state index in [1.807, 2.05) is 13.8 Å². The summed E-state index contributed by atoms with van der Waals surface area (Å²) in [7, 11) is 3.44. The van der Waals surface area contributed by atoms with E-state index >= 15 is 0 Å². The fourth-order valence-electron chi connectivity index (χ4n) is 4.67. The van der Waals surface area contributed by atoms with Crippen LogP contribution in [-0.2, 0) is 14.4 Å². The van der Waals surface area contributed by atoms with Crippen LogP contribution in [0.15, 0.2) is 16.9 Å². The summed E-state index contributed by atoms with van der Waals surface area (Å²) in [6, 6.07) is -0.779. The number of aliphatic carboxylic acids is 1. The van der Waals surface area contributed by atoms with Gasteiger partial charge in [0, 0.05) is 36.7 Å². The lowest BCUT2D eigenvalue weighted by Crippen LogP contribution is -2.62. The number of likely N-dealkylation sites (N-methyl/N-ethyl adjacent to an activating group) is 1. The normalized spacial score (nSPS) is 31.5. The SMILES string of the molecule is C[C@H]([C@H]1C(=O)N2C(C(=O)O)=C(S[C@@H]3CNC(C(=O)N(C)C)C3)[C@H](C)[C@H]12)n1cnnn1. The maximum absolute atomic E-state index is 12.9. The van der Waals surface area contributed by atoms with Gasteiger partial charge in [-0.1, -0.05) is 6.92 Å². The highest BCUT2D eigenvalue weighted by atomic mass is 32.2. The van der Waals surface area contributed by atoms with E-state index in [-0.39, 0.29) is 52.7 Å². The van der Waals surface area contributed by atoms with Gasteiger partial charge >= 0.3 is 5.97 Å². The topological polar surface area (TPSA) is 134 Å². The van der Waals surface area contributed by atoms with E-state index in [2.05, 4.69) is 20.8 Å². The Balaban J connectivity index is 1.53. The molecule has 162 valence electrons. The Hall–Kier alpha value is -2.47. The summed E-state index contributed by atoms with van der Waals surface area (Å²) >= 11 is 1.48. The first-order valence-electron chi connectivity index (χ1n) is 9.86. The Labute approximate surface area is 177 Å². The van der Waals surface area contributed by atoms with Gasteiger partial charge in [-0.15, -0.1) is 16.9 Å². The second-order valence-corrected chi connectivity index (χ2v) is 9.57. The molecule has 4 rings (SSSR count). The van der Waals surface area contributed by atoms with E-state index < -0.39 is 5.97 Å². The van der Waals surface area contributed by atoms with Crippen LogP contribution in [0.3, 0.4) is 0 Å². The zero-order valence-electron chi connectivity index (χ0n) is 17.2. The largest absolute Gasteiger partial charge is 0.477 e.